The summed E-state index contributed by atoms with van der Waals surface area (Å²) < 4.78 is 0. The number of anilines is 1. The van der Waals surface area contributed by atoms with E-state index in [0.717, 1.165) is 6.67 Å². The van der Waals surface area contributed by atoms with Crippen LogP contribution in [-0.2, 0) is 0 Å². The molecule has 0 amide bonds. The van der Waals surface area contributed by atoms with Crippen molar-refractivity contribution in [2.24, 2.45) is 0 Å². The molecule has 2 nitrogen and oxygen atoms in total. The van der Waals surface area contributed by atoms with Crippen molar-refractivity contribution in [2.75, 3.05) is 18.1 Å². The molecule has 0 aromatic heterocycles. The van der Waals surface area contributed by atoms with Crippen molar-refractivity contribution in [3.8, 4) is 0 Å². The van der Waals surface area contributed by atoms with Crippen molar-refractivity contribution in [3.63, 3.8) is 0 Å². The van der Waals surface area contributed by atoms with Crippen molar-refractivity contribution in [1.29, 1.82) is 0 Å². The second kappa shape index (κ2) is 7.10. The van der Waals surface area contributed by atoms with E-state index in [-0.39, 0.29) is 0 Å². The van der Waals surface area contributed by atoms with Gasteiger partial charge in [-0.15, -0.1) is 0 Å². The fraction of sp³-hybridized carbons (Fsp3) is 0.500. The molecule has 0 aliphatic carbocycles. The zero-order valence-electron chi connectivity index (χ0n) is 11.4. The van der Waals surface area contributed by atoms with Crippen LogP contribution < -0.4 is 4.90 Å². The van der Waals surface area contributed by atoms with Gasteiger partial charge in [-0.2, -0.15) is 0 Å². The zero-order valence-corrected chi connectivity index (χ0v) is 11.4. The van der Waals surface area contributed by atoms with Crippen molar-refractivity contribution in [1.82, 2.24) is 4.90 Å². The molecule has 2 heteroatoms. The molecular weight excluding hydrogens is 220 g/mol. The normalized spacial score (nSPS) is 14.5. The Hall–Kier alpha value is -1.44. The Labute approximate surface area is 111 Å². The Morgan fingerprint density at radius 2 is 1.72 bits per heavy atom. The van der Waals surface area contributed by atoms with E-state index < -0.39 is 0 Å². The van der Waals surface area contributed by atoms with Crippen LogP contribution in [-0.4, -0.2) is 18.1 Å². The highest BCUT2D eigenvalue weighted by Gasteiger charge is 2.12. The Kier molecular flexibility index (Phi) is 5.13. The van der Waals surface area contributed by atoms with E-state index in [1.165, 1.54) is 44.3 Å². The monoisotopic (exact) mass is 244 g/mol. The molecule has 2 rings (SSSR count). The molecule has 0 spiro atoms. The summed E-state index contributed by atoms with van der Waals surface area (Å²) in [5, 5.41) is 0. The van der Waals surface area contributed by atoms with Gasteiger partial charge in [-0.3, -0.25) is 0 Å². The molecular formula is C16H24N2. The first kappa shape index (κ1) is 13.0. The second-order valence-corrected chi connectivity index (χ2v) is 4.97. The van der Waals surface area contributed by atoms with Crippen LogP contribution in [0.1, 0.15) is 39.0 Å². The van der Waals surface area contributed by atoms with Gasteiger partial charge in [0.25, 0.3) is 0 Å². The van der Waals surface area contributed by atoms with Gasteiger partial charge in [0, 0.05) is 24.6 Å². The van der Waals surface area contributed by atoms with Gasteiger partial charge in [0.1, 0.15) is 0 Å². The van der Waals surface area contributed by atoms with E-state index >= 15 is 0 Å². The topological polar surface area (TPSA) is 6.48 Å². The van der Waals surface area contributed by atoms with Crippen molar-refractivity contribution in [3.05, 3.63) is 42.7 Å². The molecule has 1 aliphatic heterocycles. The lowest BCUT2D eigenvalue weighted by Crippen LogP contribution is -2.25. The molecule has 0 N–H and O–H groups in total. The van der Waals surface area contributed by atoms with Crippen LogP contribution in [0.5, 0.6) is 0 Å². The third kappa shape index (κ3) is 3.80. The minimum atomic E-state index is 0.998. The van der Waals surface area contributed by atoms with Gasteiger partial charge in [0.2, 0.25) is 0 Å². The lowest BCUT2D eigenvalue weighted by molar-refractivity contribution is 0.389. The molecule has 0 atom stereocenters. The van der Waals surface area contributed by atoms with Crippen molar-refractivity contribution >= 4 is 5.69 Å². The van der Waals surface area contributed by atoms with E-state index in [1.54, 1.807) is 0 Å². The highest BCUT2D eigenvalue weighted by atomic mass is 15.3. The maximum atomic E-state index is 2.40. The number of hydrogen-bond acceptors (Lipinski definition) is 2. The Morgan fingerprint density at radius 1 is 0.944 bits per heavy atom. The lowest BCUT2D eigenvalue weighted by Gasteiger charge is -2.21. The Bertz CT molecular complexity index is 359. The first-order chi connectivity index (χ1) is 8.90. The van der Waals surface area contributed by atoms with Crippen LogP contribution in [0.3, 0.4) is 0 Å². The average molecular weight is 244 g/mol. The summed E-state index contributed by atoms with van der Waals surface area (Å²) in [7, 11) is 0. The predicted octanol–water partition coefficient (Wildman–Crippen LogP) is 4.21. The molecule has 1 aromatic carbocycles. The number of nitrogens with zero attached hydrogens (tertiary/aromatic N) is 2. The summed E-state index contributed by atoms with van der Waals surface area (Å²) in [5.74, 6) is 0. The van der Waals surface area contributed by atoms with E-state index in [2.05, 4.69) is 59.5 Å². The molecule has 0 saturated carbocycles. The maximum absolute atomic E-state index is 2.40. The van der Waals surface area contributed by atoms with Gasteiger partial charge in [0.15, 0.2) is 0 Å². The molecule has 98 valence electrons. The van der Waals surface area contributed by atoms with Gasteiger partial charge in [0.05, 0.1) is 6.67 Å². The first-order valence-electron chi connectivity index (χ1n) is 7.14. The third-order valence-electron chi connectivity index (χ3n) is 3.43. The fourth-order valence-corrected chi connectivity index (χ4v) is 2.32. The van der Waals surface area contributed by atoms with Crippen molar-refractivity contribution < 1.29 is 0 Å². The van der Waals surface area contributed by atoms with E-state index in [4.69, 9.17) is 0 Å². The van der Waals surface area contributed by atoms with Gasteiger partial charge in [-0.05, 0) is 18.6 Å². The van der Waals surface area contributed by atoms with Gasteiger partial charge in [-0.25, -0.2) is 0 Å². The number of rotatable bonds is 7. The van der Waals surface area contributed by atoms with Crippen LogP contribution in [0.25, 0.3) is 0 Å². The van der Waals surface area contributed by atoms with Crippen LogP contribution in [0.4, 0.5) is 5.69 Å². The highest BCUT2D eigenvalue weighted by Crippen LogP contribution is 2.18. The van der Waals surface area contributed by atoms with Crippen LogP contribution in [0.15, 0.2) is 42.7 Å². The molecule has 0 bridgehead atoms. The van der Waals surface area contributed by atoms with Crippen LogP contribution >= 0.6 is 0 Å². The largest absolute Gasteiger partial charge is 0.358 e. The average Bonchev–Trinajstić information content (AvgIpc) is 2.88. The first-order valence-corrected chi connectivity index (χ1v) is 7.14. The minimum Gasteiger partial charge on any atom is -0.358 e. The van der Waals surface area contributed by atoms with E-state index in [1.807, 2.05) is 0 Å². The lowest BCUT2D eigenvalue weighted by atomic mass is 10.1. The quantitative estimate of drug-likeness (QED) is 0.663. The molecule has 1 aliphatic rings. The fourth-order valence-electron chi connectivity index (χ4n) is 2.32. The van der Waals surface area contributed by atoms with E-state index in [0.29, 0.717) is 0 Å². The number of benzene rings is 1. The smallest absolute Gasteiger partial charge is 0.0941 e. The molecule has 0 saturated heterocycles. The predicted molar refractivity (Wildman–Crippen MR) is 78.4 cm³/mol. The summed E-state index contributed by atoms with van der Waals surface area (Å²) in [5.41, 5.74) is 1.28. The number of hydrogen-bond donors (Lipinski definition) is 0. The second-order valence-electron chi connectivity index (χ2n) is 4.97. The standard InChI is InChI=1S/C16H24N2/c1-2-3-4-5-9-12-17-13-14-18(15-17)16-10-7-6-8-11-16/h6-8,10-11,13-14H,2-5,9,12,15H2,1H3. The van der Waals surface area contributed by atoms with Crippen LogP contribution in [0, 0.1) is 0 Å². The van der Waals surface area contributed by atoms with Crippen LogP contribution in [0.2, 0.25) is 0 Å². The zero-order chi connectivity index (χ0) is 12.6. The Morgan fingerprint density at radius 3 is 2.50 bits per heavy atom. The van der Waals surface area contributed by atoms with Gasteiger partial charge < -0.3 is 9.80 Å². The maximum Gasteiger partial charge on any atom is 0.0941 e. The SMILES string of the molecule is CCCCCCCN1C=CN(c2ccccc2)C1. The van der Waals surface area contributed by atoms with E-state index in [9.17, 15) is 0 Å². The van der Waals surface area contributed by atoms with Gasteiger partial charge in [-0.1, -0.05) is 50.8 Å². The summed E-state index contributed by atoms with van der Waals surface area (Å²) in [6.07, 6.45) is 11.2. The molecule has 0 radical (unpaired) electrons. The molecule has 18 heavy (non-hydrogen) atoms. The molecule has 1 aromatic rings. The third-order valence-corrected chi connectivity index (χ3v) is 3.43. The summed E-state index contributed by atoms with van der Waals surface area (Å²) in [6.45, 7) is 4.45. The molecule has 0 unspecified atom stereocenters. The highest BCUT2D eigenvalue weighted by molar-refractivity contribution is 5.49. The van der Waals surface area contributed by atoms with Gasteiger partial charge >= 0.3 is 0 Å². The summed E-state index contributed by atoms with van der Waals surface area (Å²) in [4.78, 5) is 4.70. The molecule has 1 heterocycles. The number of para-hydroxylation sites is 1. The number of unbranched alkanes of at least 4 members (excludes halogenated alkanes) is 4. The Balaban J connectivity index is 1.68. The summed E-state index contributed by atoms with van der Waals surface area (Å²) >= 11 is 0. The minimum absolute atomic E-state index is 0.998. The summed E-state index contributed by atoms with van der Waals surface area (Å²) in [6, 6.07) is 10.6. The molecule has 0 fully saturated rings. The van der Waals surface area contributed by atoms with Crippen molar-refractivity contribution in [2.45, 2.75) is 39.0 Å².